The maximum atomic E-state index is 2.30. The number of rotatable bonds is 2. The van der Waals surface area contributed by atoms with E-state index in [4.69, 9.17) is 0 Å². The van der Waals surface area contributed by atoms with Crippen molar-refractivity contribution in [2.24, 2.45) is 5.41 Å². The van der Waals surface area contributed by atoms with Crippen LogP contribution in [0.3, 0.4) is 0 Å². The first-order chi connectivity index (χ1) is 4.62. The second kappa shape index (κ2) is 4.76. The maximum absolute atomic E-state index is 2.30. The molecule has 0 aromatic rings. The maximum Gasteiger partial charge on any atom is -0.0354 e. The Balaban J connectivity index is 0.000000162. The summed E-state index contributed by atoms with van der Waals surface area (Å²) in [6, 6.07) is 0. The topological polar surface area (TPSA) is 0 Å². The van der Waals surface area contributed by atoms with Crippen molar-refractivity contribution in [2.75, 3.05) is 0 Å². The highest BCUT2D eigenvalue weighted by Crippen LogP contribution is 2.43. The lowest BCUT2D eigenvalue weighted by atomic mass is 10.2. The van der Waals surface area contributed by atoms with Crippen LogP contribution in [0, 0.1) is 5.41 Å². The molecule has 0 spiro atoms. The van der Waals surface area contributed by atoms with E-state index in [1.807, 2.05) is 0 Å². The predicted octanol–water partition coefficient (Wildman–Crippen LogP) is 4.00. The molecule has 1 rings (SSSR count). The third kappa shape index (κ3) is 8.00. The van der Waals surface area contributed by atoms with E-state index in [0.29, 0.717) is 0 Å². The van der Waals surface area contributed by atoms with E-state index in [0.717, 1.165) is 5.41 Å². The molecule has 0 aromatic heterocycles. The van der Waals surface area contributed by atoms with Gasteiger partial charge in [0.15, 0.2) is 0 Å². The molecule has 1 aliphatic rings. The van der Waals surface area contributed by atoms with Gasteiger partial charge in [-0.05, 0) is 18.3 Å². The number of unbranched alkanes of at least 4 members (excludes halogenated alkanes) is 2. The average Bonchev–Trinajstić information content (AvgIpc) is 2.50. The Morgan fingerprint density at radius 2 is 1.30 bits per heavy atom. The zero-order valence-electron chi connectivity index (χ0n) is 8.04. The van der Waals surface area contributed by atoms with Crippen molar-refractivity contribution in [1.82, 2.24) is 0 Å². The Morgan fingerprint density at radius 3 is 1.30 bits per heavy atom. The molecule has 0 amide bonds. The Kier molecular flexibility index (Phi) is 4.76. The van der Waals surface area contributed by atoms with E-state index in [1.54, 1.807) is 0 Å². The van der Waals surface area contributed by atoms with Crippen molar-refractivity contribution >= 4 is 0 Å². The molecule has 0 aromatic carbocycles. The summed E-state index contributed by atoms with van der Waals surface area (Å²) in [6.07, 6.45) is 6.98. The van der Waals surface area contributed by atoms with Gasteiger partial charge in [-0.2, -0.15) is 0 Å². The van der Waals surface area contributed by atoms with Crippen LogP contribution in [0.2, 0.25) is 0 Å². The Labute approximate surface area is 66.0 Å². The van der Waals surface area contributed by atoms with Gasteiger partial charge in [0.25, 0.3) is 0 Å². The lowest BCUT2D eigenvalue weighted by molar-refractivity contribution is 0.653. The van der Waals surface area contributed by atoms with Gasteiger partial charge in [0.05, 0.1) is 0 Å². The van der Waals surface area contributed by atoms with E-state index in [-0.39, 0.29) is 0 Å². The molecule has 0 atom stereocenters. The van der Waals surface area contributed by atoms with Crippen LogP contribution in [0.5, 0.6) is 0 Å². The summed E-state index contributed by atoms with van der Waals surface area (Å²) < 4.78 is 0. The molecule has 0 heterocycles. The SMILES string of the molecule is CC1(C)CC1.CCCCC. The monoisotopic (exact) mass is 142 g/mol. The van der Waals surface area contributed by atoms with E-state index in [9.17, 15) is 0 Å². The largest absolute Gasteiger partial charge is 0.0654 e. The Bertz CT molecular complexity index is 64.1. The van der Waals surface area contributed by atoms with Crippen molar-refractivity contribution in [2.45, 2.75) is 59.8 Å². The fourth-order valence-corrected chi connectivity index (χ4v) is 0.604. The molecule has 10 heavy (non-hydrogen) atoms. The summed E-state index contributed by atoms with van der Waals surface area (Å²) in [5.74, 6) is 0. The molecular formula is C10H22. The van der Waals surface area contributed by atoms with Crippen molar-refractivity contribution in [3.8, 4) is 0 Å². The molecule has 0 nitrogen and oxygen atoms in total. The second-order valence-electron chi connectivity index (χ2n) is 4.02. The standard InChI is InChI=1S/C5H10.C5H12/c1-5(2)3-4-5;1-3-5-4-2/h3-4H2,1-2H3;3-5H2,1-2H3. The molecule has 0 N–H and O–H groups in total. The van der Waals surface area contributed by atoms with Gasteiger partial charge in [0.1, 0.15) is 0 Å². The van der Waals surface area contributed by atoms with Crippen LogP contribution < -0.4 is 0 Å². The van der Waals surface area contributed by atoms with Crippen LogP contribution in [-0.2, 0) is 0 Å². The highest BCUT2D eigenvalue weighted by Gasteiger charge is 2.30. The summed E-state index contributed by atoms with van der Waals surface area (Å²) in [5, 5.41) is 0. The lowest BCUT2D eigenvalue weighted by Gasteiger charge is -1.86. The minimum atomic E-state index is 0.750. The number of hydrogen-bond donors (Lipinski definition) is 0. The van der Waals surface area contributed by atoms with Gasteiger partial charge in [-0.15, -0.1) is 0 Å². The summed E-state index contributed by atoms with van der Waals surface area (Å²) in [4.78, 5) is 0. The van der Waals surface area contributed by atoms with Crippen LogP contribution in [0.15, 0.2) is 0 Å². The van der Waals surface area contributed by atoms with Crippen LogP contribution in [0.4, 0.5) is 0 Å². The molecule has 1 saturated carbocycles. The van der Waals surface area contributed by atoms with E-state index >= 15 is 0 Å². The molecule has 0 saturated heterocycles. The van der Waals surface area contributed by atoms with Crippen LogP contribution in [0.25, 0.3) is 0 Å². The minimum Gasteiger partial charge on any atom is -0.0654 e. The summed E-state index contributed by atoms with van der Waals surface area (Å²) >= 11 is 0. The fraction of sp³-hybridized carbons (Fsp3) is 1.00. The van der Waals surface area contributed by atoms with Gasteiger partial charge in [-0.1, -0.05) is 47.0 Å². The summed E-state index contributed by atoms with van der Waals surface area (Å²) in [6.45, 7) is 9.02. The highest BCUT2D eigenvalue weighted by atomic mass is 14.4. The van der Waals surface area contributed by atoms with Gasteiger partial charge >= 0.3 is 0 Å². The molecule has 1 aliphatic carbocycles. The minimum absolute atomic E-state index is 0.750. The first kappa shape index (κ1) is 10.0. The van der Waals surface area contributed by atoms with Gasteiger partial charge in [0, 0.05) is 0 Å². The van der Waals surface area contributed by atoms with Crippen LogP contribution in [-0.4, -0.2) is 0 Å². The van der Waals surface area contributed by atoms with Gasteiger partial charge < -0.3 is 0 Å². The van der Waals surface area contributed by atoms with Crippen LogP contribution >= 0.6 is 0 Å². The molecule has 0 aliphatic heterocycles. The molecule has 0 heteroatoms. The quantitative estimate of drug-likeness (QED) is 0.546. The fourth-order valence-electron chi connectivity index (χ4n) is 0.604. The zero-order chi connectivity index (χ0) is 8.04. The van der Waals surface area contributed by atoms with Crippen LogP contribution in [0.1, 0.15) is 59.8 Å². The zero-order valence-corrected chi connectivity index (χ0v) is 8.04. The van der Waals surface area contributed by atoms with Crippen molar-refractivity contribution in [3.63, 3.8) is 0 Å². The molecule has 62 valence electrons. The van der Waals surface area contributed by atoms with Crippen molar-refractivity contribution < 1.29 is 0 Å². The molecule has 1 fully saturated rings. The van der Waals surface area contributed by atoms with Gasteiger partial charge in [-0.3, -0.25) is 0 Å². The van der Waals surface area contributed by atoms with E-state index in [2.05, 4.69) is 27.7 Å². The van der Waals surface area contributed by atoms with E-state index in [1.165, 1.54) is 32.1 Å². The Morgan fingerprint density at radius 1 is 1.00 bits per heavy atom. The average molecular weight is 142 g/mol. The lowest BCUT2D eigenvalue weighted by Crippen LogP contribution is -1.75. The highest BCUT2D eigenvalue weighted by molar-refractivity contribution is 4.82. The second-order valence-corrected chi connectivity index (χ2v) is 4.02. The van der Waals surface area contributed by atoms with Crippen molar-refractivity contribution in [3.05, 3.63) is 0 Å². The predicted molar refractivity (Wildman–Crippen MR) is 48.2 cm³/mol. The molecule has 0 radical (unpaired) electrons. The van der Waals surface area contributed by atoms with Gasteiger partial charge in [0.2, 0.25) is 0 Å². The van der Waals surface area contributed by atoms with Gasteiger partial charge in [-0.25, -0.2) is 0 Å². The third-order valence-electron chi connectivity index (χ3n) is 1.96. The molecule has 0 unspecified atom stereocenters. The normalized spacial score (nSPS) is 19.2. The van der Waals surface area contributed by atoms with Crippen molar-refractivity contribution in [1.29, 1.82) is 0 Å². The molecule has 0 bridgehead atoms. The van der Waals surface area contributed by atoms with E-state index < -0.39 is 0 Å². The first-order valence-electron chi connectivity index (χ1n) is 4.62. The summed E-state index contributed by atoms with van der Waals surface area (Å²) in [7, 11) is 0. The smallest absolute Gasteiger partial charge is 0.0354 e. The summed E-state index contributed by atoms with van der Waals surface area (Å²) in [5.41, 5.74) is 0.750. The molecular weight excluding hydrogens is 120 g/mol. The first-order valence-corrected chi connectivity index (χ1v) is 4.62. The third-order valence-corrected chi connectivity index (χ3v) is 1.96. The number of hydrogen-bond acceptors (Lipinski definition) is 0. The Hall–Kier alpha value is 0.